The molecule has 1 amide bonds. The summed E-state index contributed by atoms with van der Waals surface area (Å²) in [6.45, 7) is 2.79. The van der Waals surface area contributed by atoms with Crippen molar-refractivity contribution in [3.05, 3.63) is 29.3 Å². The minimum atomic E-state index is -3.97. The van der Waals surface area contributed by atoms with E-state index in [0.717, 1.165) is 4.31 Å². The van der Waals surface area contributed by atoms with Crippen LogP contribution in [-0.2, 0) is 14.8 Å². The Bertz CT molecular complexity index is 814. The van der Waals surface area contributed by atoms with E-state index < -0.39 is 28.4 Å². The first-order chi connectivity index (χ1) is 14.3. The number of hydrogen-bond donors (Lipinski definition) is 2. The number of halogens is 1. The molecule has 30 heavy (non-hydrogen) atoms. The molecule has 11 heteroatoms. The van der Waals surface area contributed by atoms with Crippen molar-refractivity contribution in [2.24, 2.45) is 0 Å². The third-order valence-electron chi connectivity index (χ3n) is 5.49. The molecule has 0 saturated carbocycles. The van der Waals surface area contributed by atoms with Gasteiger partial charge in [0.25, 0.3) is 0 Å². The first-order valence-corrected chi connectivity index (χ1v) is 11.9. The van der Waals surface area contributed by atoms with Gasteiger partial charge in [0.2, 0.25) is 10.0 Å². The Hall–Kier alpha value is -1.43. The highest BCUT2D eigenvalue weighted by Crippen LogP contribution is 2.29. The van der Waals surface area contributed by atoms with Crippen molar-refractivity contribution >= 4 is 27.7 Å². The van der Waals surface area contributed by atoms with Crippen molar-refractivity contribution in [3.8, 4) is 0 Å². The lowest BCUT2D eigenvalue weighted by molar-refractivity contribution is -0.0200. The SMILES string of the molecule is O=C(OC[C@H]1CCC[C@@H](O)N1S(=O)(=O)c1ccc(Cl)cc1)N1CCN(CCO)CC1. The molecule has 2 fully saturated rings. The van der Waals surface area contributed by atoms with E-state index >= 15 is 0 Å². The van der Waals surface area contributed by atoms with Gasteiger partial charge in [-0.05, 0) is 43.5 Å². The zero-order chi connectivity index (χ0) is 21.7. The molecule has 1 aromatic carbocycles. The number of ether oxygens (including phenoxy) is 1. The topological polar surface area (TPSA) is 111 Å². The van der Waals surface area contributed by atoms with Gasteiger partial charge in [-0.2, -0.15) is 4.31 Å². The number of amides is 1. The maximum atomic E-state index is 13.1. The molecule has 0 aromatic heterocycles. The van der Waals surface area contributed by atoms with Crippen LogP contribution in [-0.4, -0.2) is 97.0 Å². The molecular formula is C19H28ClN3O6S. The molecule has 0 radical (unpaired) electrons. The number of rotatable bonds is 6. The van der Waals surface area contributed by atoms with Crippen LogP contribution >= 0.6 is 11.6 Å². The number of carbonyl (C=O) groups is 1. The van der Waals surface area contributed by atoms with Crippen LogP contribution in [0.1, 0.15) is 19.3 Å². The molecule has 2 aliphatic rings. The third-order valence-corrected chi connectivity index (χ3v) is 7.70. The maximum Gasteiger partial charge on any atom is 0.409 e. The Morgan fingerprint density at radius 1 is 1.13 bits per heavy atom. The summed E-state index contributed by atoms with van der Waals surface area (Å²) in [5.41, 5.74) is 0. The van der Waals surface area contributed by atoms with E-state index in [1.54, 1.807) is 4.90 Å². The summed E-state index contributed by atoms with van der Waals surface area (Å²) in [7, 11) is -3.97. The van der Waals surface area contributed by atoms with Crippen LogP contribution in [0.4, 0.5) is 4.79 Å². The van der Waals surface area contributed by atoms with E-state index in [0.29, 0.717) is 57.0 Å². The summed E-state index contributed by atoms with van der Waals surface area (Å²) in [5, 5.41) is 19.8. The summed E-state index contributed by atoms with van der Waals surface area (Å²) >= 11 is 5.85. The van der Waals surface area contributed by atoms with Gasteiger partial charge in [-0.3, -0.25) is 4.90 Å². The van der Waals surface area contributed by atoms with Gasteiger partial charge in [-0.15, -0.1) is 0 Å². The molecule has 0 aliphatic carbocycles. The molecule has 0 spiro atoms. The Labute approximate surface area is 181 Å². The number of β-amino-alcohol motifs (C(OH)–C–C–N with tert-alkyl or cyclic N) is 1. The van der Waals surface area contributed by atoms with Crippen molar-refractivity contribution < 1.29 is 28.2 Å². The number of piperidine rings is 1. The van der Waals surface area contributed by atoms with E-state index in [-0.39, 0.29) is 18.1 Å². The number of piperazine rings is 1. The van der Waals surface area contributed by atoms with Gasteiger partial charge < -0.3 is 19.8 Å². The molecule has 2 heterocycles. The monoisotopic (exact) mass is 461 g/mol. The second-order valence-corrected chi connectivity index (χ2v) is 9.76. The zero-order valence-electron chi connectivity index (χ0n) is 16.7. The summed E-state index contributed by atoms with van der Waals surface area (Å²) in [6.07, 6.45) is -0.228. The van der Waals surface area contributed by atoms with Crippen LogP contribution in [0.5, 0.6) is 0 Å². The van der Waals surface area contributed by atoms with Crippen LogP contribution in [0.15, 0.2) is 29.2 Å². The second kappa shape index (κ2) is 10.3. The molecule has 2 aliphatic heterocycles. The lowest BCUT2D eigenvalue weighted by atomic mass is 10.0. The summed E-state index contributed by atoms with van der Waals surface area (Å²) in [4.78, 5) is 16.1. The van der Waals surface area contributed by atoms with Gasteiger partial charge in [0, 0.05) is 37.7 Å². The van der Waals surface area contributed by atoms with Crippen molar-refractivity contribution in [2.45, 2.75) is 36.4 Å². The average molecular weight is 462 g/mol. The van der Waals surface area contributed by atoms with Gasteiger partial charge in [-0.25, -0.2) is 13.2 Å². The minimum Gasteiger partial charge on any atom is -0.448 e. The van der Waals surface area contributed by atoms with E-state index in [1.807, 2.05) is 0 Å². The Kier molecular flexibility index (Phi) is 7.94. The van der Waals surface area contributed by atoms with Crippen LogP contribution in [0.25, 0.3) is 0 Å². The molecule has 0 unspecified atom stereocenters. The fraction of sp³-hybridized carbons (Fsp3) is 0.632. The number of benzene rings is 1. The second-order valence-electron chi connectivity index (χ2n) is 7.48. The lowest BCUT2D eigenvalue weighted by Gasteiger charge is -2.38. The van der Waals surface area contributed by atoms with E-state index in [9.17, 15) is 18.3 Å². The first kappa shape index (κ1) is 23.2. The highest BCUT2D eigenvalue weighted by atomic mass is 35.5. The molecule has 2 saturated heterocycles. The van der Waals surface area contributed by atoms with Gasteiger partial charge in [0.15, 0.2) is 0 Å². The number of carbonyl (C=O) groups excluding carboxylic acids is 1. The first-order valence-electron chi connectivity index (χ1n) is 10.0. The number of nitrogens with zero attached hydrogens (tertiary/aromatic N) is 3. The number of sulfonamides is 1. The molecule has 3 rings (SSSR count). The van der Waals surface area contributed by atoms with Crippen molar-refractivity contribution in [1.82, 2.24) is 14.1 Å². The number of aliphatic hydroxyl groups excluding tert-OH is 2. The third kappa shape index (κ3) is 5.43. The Morgan fingerprint density at radius 3 is 2.43 bits per heavy atom. The molecule has 2 atom stereocenters. The average Bonchev–Trinajstić information content (AvgIpc) is 2.73. The summed E-state index contributed by atoms with van der Waals surface area (Å²) in [5.74, 6) is 0. The standard InChI is InChI=1S/C19H28ClN3O6S/c20-15-4-6-17(7-5-15)30(27,28)23-16(2-1-3-18(23)25)14-29-19(26)22-10-8-21(9-11-22)12-13-24/h4-7,16,18,24-25H,1-3,8-14H2/t16-,18-/m1/s1. The van der Waals surface area contributed by atoms with Crippen molar-refractivity contribution in [3.63, 3.8) is 0 Å². The van der Waals surface area contributed by atoms with Crippen molar-refractivity contribution in [2.75, 3.05) is 45.9 Å². The van der Waals surface area contributed by atoms with Gasteiger partial charge in [0.1, 0.15) is 12.8 Å². The van der Waals surface area contributed by atoms with Crippen LogP contribution in [0.3, 0.4) is 0 Å². The predicted octanol–water partition coefficient (Wildman–Crippen LogP) is 0.948. The largest absolute Gasteiger partial charge is 0.448 e. The molecular weight excluding hydrogens is 434 g/mol. The van der Waals surface area contributed by atoms with E-state index in [2.05, 4.69) is 4.90 Å². The summed E-state index contributed by atoms with van der Waals surface area (Å²) in [6, 6.07) is 5.11. The molecule has 168 valence electrons. The van der Waals surface area contributed by atoms with Crippen LogP contribution < -0.4 is 0 Å². The summed E-state index contributed by atoms with van der Waals surface area (Å²) < 4.78 is 32.7. The van der Waals surface area contributed by atoms with Crippen molar-refractivity contribution in [1.29, 1.82) is 0 Å². The number of hydrogen-bond acceptors (Lipinski definition) is 7. The highest BCUT2D eigenvalue weighted by molar-refractivity contribution is 7.89. The van der Waals surface area contributed by atoms with Gasteiger partial charge in [0.05, 0.1) is 17.5 Å². The Morgan fingerprint density at radius 2 is 1.80 bits per heavy atom. The van der Waals surface area contributed by atoms with Gasteiger partial charge >= 0.3 is 6.09 Å². The number of aliphatic hydroxyl groups is 2. The van der Waals surface area contributed by atoms with E-state index in [1.165, 1.54) is 24.3 Å². The Balaban J connectivity index is 1.64. The quantitative estimate of drug-likeness (QED) is 0.648. The molecule has 1 aromatic rings. The maximum absolute atomic E-state index is 13.1. The molecule has 2 N–H and O–H groups in total. The van der Waals surface area contributed by atoms with Gasteiger partial charge in [-0.1, -0.05) is 11.6 Å². The fourth-order valence-electron chi connectivity index (χ4n) is 3.83. The van der Waals surface area contributed by atoms with Crippen LogP contribution in [0, 0.1) is 0 Å². The fourth-order valence-corrected chi connectivity index (χ4v) is 5.66. The highest BCUT2D eigenvalue weighted by Gasteiger charge is 2.40. The lowest BCUT2D eigenvalue weighted by Crippen LogP contribution is -2.53. The predicted molar refractivity (Wildman–Crippen MR) is 111 cm³/mol. The van der Waals surface area contributed by atoms with Crippen LogP contribution in [0.2, 0.25) is 5.02 Å². The normalized spacial score (nSPS) is 24.0. The molecule has 9 nitrogen and oxygen atoms in total. The smallest absolute Gasteiger partial charge is 0.409 e. The minimum absolute atomic E-state index is 0.0316. The zero-order valence-corrected chi connectivity index (χ0v) is 18.3. The molecule has 0 bridgehead atoms. The van der Waals surface area contributed by atoms with E-state index in [4.69, 9.17) is 21.4 Å².